The second-order valence-corrected chi connectivity index (χ2v) is 9.32. The quantitative estimate of drug-likeness (QED) is 0.128. The Hall–Kier alpha value is -4.12. The molecule has 0 saturated carbocycles. The Kier molecular flexibility index (Phi) is 8.47. The summed E-state index contributed by atoms with van der Waals surface area (Å²) in [5.74, 6) is 0.0377. The van der Waals surface area contributed by atoms with Crippen LogP contribution in [0.4, 0.5) is 10.1 Å². The summed E-state index contributed by atoms with van der Waals surface area (Å²) in [5.41, 5.74) is 0.667. The predicted octanol–water partition coefficient (Wildman–Crippen LogP) is 6.02. The van der Waals surface area contributed by atoms with Crippen LogP contribution in [0.3, 0.4) is 0 Å². The topological polar surface area (TPSA) is 109 Å². The number of rotatable bonds is 10. The number of hydrogen-bond acceptors (Lipinski definition) is 7. The molecule has 196 valence electrons. The van der Waals surface area contributed by atoms with Gasteiger partial charge in [0.25, 0.3) is 5.56 Å². The summed E-state index contributed by atoms with van der Waals surface area (Å²) in [6.07, 6.45) is 3.58. The third kappa shape index (κ3) is 6.05. The van der Waals surface area contributed by atoms with Crippen LogP contribution in [-0.4, -0.2) is 27.9 Å². The number of fused-ring (bicyclic) bond motifs is 1. The molecule has 1 heterocycles. The van der Waals surface area contributed by atoms with Crippen LogP contribution in [0.25, 0.3) is 10.9 Å². The van der Waals surface area contributed by atoms with E-state index in [1.54, 1.807) is 18.2 Å². The summed E-state index contributed by atoms with van der Waals surface area (Å²) in [4.78, 5) is 29.2. The molecule has 38 heavy (non-hydrogen) atoms. The Balaban J connectivity index is 1.74. The van der Waals surface area contributed by atoms with E-state index in [9.17, 15) is 19.3 Å². The van der Waals surface area contributed by atoms with Gasteiger partial charge in [-0.05, 0) is 48.4 Å². The summed E-state index contributed by atoms with van der Waals surface area (Å²) in [6.45, 7) is 1.93. The molecule has 3 aromatic carbocycles. The lowest BCUT2D eigenvalue weighted by Gasteiger charge is -2.12. The largest absolute Gasteiger partial charge is 0.493 e. The monoisotopic (exact) mass is 582 g/mol. The molecule has 0 aliphatic carbocycles. The lowest BCUT2D eigenvalue weighted by Crippen LogP contribution is -2.22. The van der Waals surface area contributed by atoms with Gasteiger partial charge in [0.05, 0.1) is 29.2 Å². The van der Waals surface area contributed by atoms with Crippen LogP contribution in [0.15, 0.2) is 69.0 Å². The van der Waals surface area contributed by atoms with Crippen molar-refractivity contribution in [3.8, 4) is 11.5 Å². The molecule has 0 N–H and O–H groups in total. The first-order valence-electron chi connectivity index (χ1n) is 11.8. The summed E-state index contributed by atoms with van der Waals surface area (Å²) in [7, 11) is 1.35. The Labute approximate surface area is 225 Å². The van der Waals surface area contributed by atoms with Crippen molar-refractivity contribution in [2.75, 3.05) is 7.11 Å². The Morgan fingerprint density at radius 1 is 1.21 bits per heavy atom. The number of benzene rings is 3. The van der Waals surface area contributed by atoms with E-state index in [2.05, 4.69) is 26.0 Å². The van der Waals surface area contributed by atoms with Crippen molar-refractivity contribution in [2.45, 2.75) is 32.8 Å². The highest BCUT2D eigenvalue weighted by Crippen LogP contribution is 2.38. The lowest BCUT2D eigenvalue weighted by molar-refractivity contribution is -0.386. The van der Waals surface area contributed by atoms with Gasteiger partial charge in [0.2, 0.25) is 5.75 Å². The zero-order valence-corrected chi connectivity index (χ0v) is 22.3. The van der Waals surface area contributed by atoms with Gasteiger partial charge in [0.1, 0.15) is 18.2 Å². The van der Waals surface area contributed by atoms with Crippen LogP contribution < -0.4 is 15.0 Å². The third-order valence-corrected chi connectivity index (χ3v) is 6.19. The fourth-order valence-corrected chi connectivity index (χ4v) is 4.19. The zero-order valence-electron chi connectivity index (χ0n) is 20.7. The first kappa shape index (κ1) is 26.9. The molecule has 11 heteroatoms. The number of nitrogens with zero attached hydrogens (tertiary/aromatic N) is 4. The van der Waals surface area contributed by atoms with E-state index in [1.807, 2.05) is 13.0 Å². The third-order valence-electron chi connectivity index (χ3n) is 5.70. The minimum absolute atomic E-state index is 0.0937. The van der Waals surface area contributed by atoms with Gasteiger partial charge in [0, 0.05) is 22.5 Å². The zero-order chi connectivity index (χ0) is 27.2. The van der Waals surface area contributed by atoms with E-state index in [4.69, 9.17) is 9.47 Å². The highest BCUT2D eigenvalue weighted by atomic mass is 79.9. The molecule has 0 atom stereocenters. The number of aryl methyl sites for hydroxylation is 1. The normalized spacial score (nSPS) is 11.3. The first-order chi connectivity index (χ1) is 18.3. The van der Waals surface area contributed by atoms with E-state index in [0.717, 1.165) is 17.3 Å². The van der Waals surface area contributed by atoms with Crippen molar-refractivity contribution in [2.24, 2.45) is 5.10 Å². The van der Waals surface area contributed by atoms with E-state index in [-0.39, 0.29) is 29.4 Å². The number of halogens is 2. The molecular formula is C27H24BrFN4O5. The van der Waals surface area contributed by atoms with Crippen LogP contribution in [0.5, 0.6) is 11.5 Å². The van der Waals surface area contributed by atoms with Gasteiger partial charge in [-0.15, -0.1) is 0 Å². The van der Waals surface area contributed by atoms with Crippen molar-refractivity contribution in [1.29, 1.82) is 0 Å². The Bertz CT molecular complexity index is 1590. The van der Waals surface area contributed by atoms with Crippen LogP contribution in [0.2, 0.25) is 0 Å². The number of nitro groups is 1. The minimum atomic E-state index is -0.602. The molecule has 0 spiro atoms. The van der Waals surface area contributed by atoms with E-state index < -0.39 is 10.7 Å². The average molecular weight is 583 g/mol. The molecule has 0 fully saturated rings. The van der Waals surface area contributed by atoms with Gasteiger partial charge in [-0.3, -0.25) is 14.9 Å². The van der Waals surface area contributed by atoms with E-state index in [1.165, 1.54) is 48.3 Å². The fourth-order valence-electron chi connectivity index (χ4n) is 3.83. The molecule has 0 amide bonds. The number of methoxy groups -OCH3 is 1. The van der Waals surface area contributed by atoms with Crippen molar-refractivity contribution < 1.29 is 18.8 Å². The lowest BCUT2D eigenvalue weighted by atomic mass is 10.1. The predicted molar refractivity (Wildman–Crippen MR) is 146 cm³/mol. The molecule has 4 aromatic rings. The van der Waals surface area contributed by atoms with Crippen molar-refractivity contribution >= 4 is 38.7 Å². The summed E-state index contributed by atoms with van der Waals surface area (Å²) >= 11 is 3.38. The maximum Gasteiger partial charge on any atom is 0.315 e. The standard InChI is InChI=1S/C27H24BrFN4O5/c1-3-4-8-25-31-22-10-9-19(28)14-21(22)27(34)32(25)30-15-18-12-23(33(35)36)26(24(13-18)37-2)38-16-17-6-5-7-20(29)11-17/h5-7,9-15H,3-4,8,16H2,1-2H3. The molecule has 0 unspecified atom stereocenters. The molecule has 0 saturated heterocycles. The molecule has 0 bridgehead atoms. The Morgan fingerprint density at radius 3 is 2.74 bits per heavy atom. The molecule has 0 radical (unpaired) electrons. The number of hydrogen-bond donors (Lipinski definition) is 0. The van der Waals surface area contributed by atoms with E-state index in [0.29, 0.717) is 34.3 Å². The summed E-state index contributed by atoms with van der Waals surface area (Å²) < 4.78 is 26.5. The maximum absolute atomic E-state index is 13.5. The Morgan fingerprint density at radius 2 is 2.03 bits per heavy atom. The first-order valence-corrected chi connectivity index (χ1v) is 12.6. The van der Waals surface area contributed by atoms with Gasteiger partial charge in [0.15, 0.2) is 5.75 Å². The van der Waals surface area contributed by atoms with Gasteiger partial charge in [-0.2, -0.15) is 9.78 Å². The van der Waals surface area contributed by atoms with Gasteiger partial charge < -0.3 is 9.47 Å². The van der Waals surface area contributed by atoms with Gasteiger partial charge in [-0.25, -0.2) is 9.37 Å². The van der Waals surface area contributed by atoms with Crippen LogP contribution in [0, 0.1) is 15.9 Å². The number of unbranched alkanes of at least 4 members (excludes halogenated alkanes) is 1. The molecule has 0 aliphatic heterocycles. The second kappa shape index (κ2) is 12.0. The smallest absolute Gasteiger partial charge is 0.315 e. The highest BCUT2D eigenvalue weighted by Gasteiger charge is 2.22. The van der Waals surface area contributed by atoms with Crippen molar-refractivity contribution in [3.05, 3.63) is 102 Å². The van der Waals surface area contributed by atoms with Crippen molar-refractivity contribution in [1.82, 2.24) is 9.66 Å². The average Bonchev–Trinajstić information content (AvgIpc) is 2.90. The van der Waals surface area contributed by atoms with Crippen LogP contribution in [-0.2, 0) is 13.0 Å². The number of ether oxygens (including phenoxy) is 2. The van der Waals surface area contributed by atoms with Crippen molar-refractivity contribution in [3.63, 3.8) is 0 Å². The number of nitro benzene ring substituents is 1. The summed E-state index contributed by atoms with van der Waals surface area (Å²) in [6, 6.07) is 13.8. The molecule has 4 rings (SSSR count). The molecule has 1 aromatic heterocycles. The van der Waals surface area contributed by atoms with Gasteiger partial charge >= 0.3 is 5.69 Å². The molecule has 9 nitrogen and oxygen atoms in total. The van der Waals surface area contributed by atoms with Crippen LogP contribution in [0.1, 0.15) is 36.7 Å². The fraction of sp³-hybridized carbons (Fsp3) is 0.222. The molecule has 0 aliphatic rings. The van der Waals surface area contributed by atoms with Crippen LogP contribution >= 0.6 is 15.9 Å². The number of aromatic nitrogens is 2. The van der Waals surface area contributed by atoms with E-state index >= 15 is 0 Å². The summed E-state index contributed by atoms with van der Waals surface area (Å²) in [5, 5.41) is 16.6. The minimum Gasteiger partial charge on any atom is -0.493 e. The highest BCUT2D eigenvalue weighted by molar-refractivity contribution is 9.10. The molecular weight excluding hydrogens is 559 g/mol. The van der Waals surface area contributed by atoms with Gasteiger partial charge in [-0.1, -0.05) is 41.4 Å². The SMILES string of the molecule is CCCCc1nc2ccc(Br)cc2c(=O)n1N=Cc1cc(OC)c(OCc2cccc(F)c2)c([N+](=O)[O-])c1. The maximum atomic E-state index is 13.5. The second-order valence-electron chi connectivity index (χ2n) is 8.40.